The molecule has 6 heteroatoms. The Morgan fingerprint density at radius 3 is 3.05 bits per heavy atom. The third-order valence-corrected chi connectivity index (χ3v) is 4.98. The van der Waals surface area contributed by atoms with Gasteiger partial charge in [0, 0.05) is 11.7 Å². The summed E-state index contributed by atoms with van der Waals surface area (Å²) in [5.41, 5.74) is 7.33. The second kappa shape index (κ2) is 5.61. The van der Waals surface area contributed by atoms with E-state index in [-0.39, 0.29) is 5.91 Å². The Morgan fingerprint density at radius 1 is 1.57 bits per heavy atom. The second-order valence-corrected chi connectivity index (χ2v) is 6.82. The lowest BCUT2D eigenvalue weighted by atomic mass is 10.2. The van der Waals surface area contributed by atoms with Crippen molar-refractivity contribution in [2.75, 3.05) is 24.6 Å². The van der Waals surface area contributed by atoms with Crippen molar-refractivity contribution in [3.63, 3.8) is 0 Å². The molecule has 0 aliphatic heterocycles. The Bertz CT molecular complexity index is 665. The van der Waals surface area contributed by atoms with Gasteiger partial charge in [-0.1, -0.05) is 11.3 Å². The fourth-order valence-corrected chi connectivity index (χ4v) is 3.39. The van der Waals surface area contributed by atoms with Crippen molar-refractivity contribution in [1.29, 1.82) is 0 Å². The van der Waals surface area contributed by atoms with Crippen LogP contribution in [0.5, 0.6) is 0 Å². The lowest BCUT2D eigenvalue weighted by Crippen LogP contribution is -2.37. The number of carbonyl (C=O) groups excluding carboxylic acids is 1. The van der Waals surface area contributed by atoms with Gasteiger partial charge < -0.3 is 11.1 Å². The first-order chi connectivity index (χ1) is 10.0. The predicted molar refractivity (Wildman–Crippen MR) is 87.5 cm³/mol. The maximum absolute atomic E-state index is 12.1. The van der Waals surface area contributed by atoms with Crippen LogP contribution in [0.4, 0.5) is 10.8 Å². The van der Waals surface area contributed by atoms with E-state index >= 15 is 0 Å². The molecule has 21 heavy (non-hydrogen) atoms. The van der Waals surface area contributed by atoms with Crippen LogP contribution in [-0.2, 0) is 4.79 Å². The lowest BCUT2D eigenvalue weighted by molar-refractivity contribution is -0.117. The van der Waals surface area contributed by atoms with E-state index in [4.69, 9.17) is 5.73 Å². The molecule has 1 amide bonds. The van der Waals surface area contributed by atoms with Gasteiger partial charge in [0.1, 0.15) is 0 Å². The number of amides is 1. The molecule has 0 spiro atoms. The van der Waals surface area contributed by atoms with Crippen molar-refractivity contribution in [3.8, 4) is 0 Å². The van der Waals surface area contributed by atoms with Gasteiger partial charge in [-0.05, 0) is 50.9 Å². The Balaban J connectivity index is 1.62. The molecule has 1 aromatic carbocycles. The van der Waals surface area contributed by atoms with E-state index in [0.717, 1.165) is 16.1 Å². The average molecular weight is 304 g/mol. The van der Waals surface area contributed by atoms with Crippen LogP contribution in [-0.4, -0.2) is 35.4 Å². The van der Waals surface area contributed by atoms with E-state index in [1.807, 2.05) is 25.2 Å². The summed E-state index contributed by atoms with van der Waals surface area (Å²) in [4.78, 5) is 18.6. The van der Waals surface area contributed by atoms with Crippen molar-refractivity contribution < 1.29 is 4.79 Å². The summed E-state index contributed by atoms with van der Waals surface area (Å²) in [6, 6.07) is 6.03. The number of nitrogen functional groups attached to an aromatic ring is 1. The van der Waals surface area contributed by atoms with E-state index < -0.39 is 0 Å². The minimum absolute atomic E-state index is 0.0166. The Hall–Kier alpha value is -1.66. The van der Waals surface area contributed by atoms with Crippen LogP contribution in [0.15, 0.2) is 18.2 Å². The summed E-state index contributed by atoms with van der Waals surface area (Å²) >= 11 is 1.45. The molecular formula is C15H20N4OS. The van der Waals surface area contributed by atoms with Crippen LogP contribution < -0.4 is 11.1 Å². The first-order valence-electron chi connectivity index (χ1n) is 7.19. The maximum Gasteiger partial charge on any atom is 0.240 e. The molecule has 0 bridgehead atoms. The van der Waals surface area contributed by atoms with Gasteiger partial charge in [0.15, 0.2) is 5.13 Å². The Labute approximate surface area is 128 Å². The fraction of sp³-hybridized carbons (Fsp3) is 0.467. The number of nitrogens with one attached hydrogen (secondary N) is 1. The molecule has 1 aromatic heterocycles. The van der Waals surface area contributed by atoms with Crippen molar-refractivity contribution in [2.24, 2.45) is 5.92 Å². The molecule has 112 valence electrons. The summed E-state index contributed by atoms with van der Waals surface area (Å²) in [7, 11) is 2.00. The fourth-order valence-electron chi connectivity index (χ4n) is 2.46. The molecule has 0 saturated heterocycles. The maximum atomic E-state index is 12.1. The first-order valence-corrected chi connectivity index (χ1v) is 8.01. The van der Waals surface area contributed by atoms with Crippen molar-refractivity contribution in [1.82, 2.24) is 9.88 Å². The molecule has 2 aromatic rings. The molecule has 1 fully saturated rings. The number of nitrogens with two attached hydrogens (primary N) is 1. The summed E-state index contributed by atoms with van der Waals surface area (Å²) in [5.74, 6) is 0.741. The molecule has 1 heterocycles. The molecule has 1 aliphatic carbocycles. The molecule has 3 N–H and O–H groups in total. The summed E-state index contributed by atoms with van der Waals surface area (Å²) < 4.78 is 0.991. The first kappa shape index (κ1) is 14.3. The number of hydrogen-bond acceptors (Lipinski definition) is 5. The predicted octanol–water partition coefficient (Wildman–Crippen LogP) is 2.55. The summed E-state index contributed by atoms with van der Waals surface area (Å²) in [6.45, 7) is 2.58. The highest BCUT2D eigenvalue weighted by Crippen LogP contribution is 2.34. The van der Waals surface area contributed by atoms with Crippen LogP contribution in [0.3, 0.4) is 0 Å². The Kier molecular flexibility index (Phi) is 3.82. The smallest absolute Gasteiger partial charge is 0.240 e. The van der Waals surface area contributed by atoms with Crippen LogP contribution in [0.2, 0.25) is 0 Å². The van der Waals surface area contributed by atoms with E-state index in [0.29, 0.717) is 23.4 Å². The van der Waals surface area contributed by atoms with Crippen LogP contribution in [0.1, 0.15) is 19.8 Å². The average Bonchev–Trinajstić information content (AvgIpc) is 3.19. The quantitative estimate of drug-likeness (QED) is 0.833. The van der Waals surface area contributed by atoms with Crippen molar-refractivity contribution in [3.05, 3.63) is 18.2 Å². The number of benzene rings is 1. The highest BCUT2D eigenvalue weighted by molar-refractivity contribution is 7.22. The largest absolute Gasteiger partial charge is 0.399 e. The number of anilines is 2. The highest BCUT2D eigenvalue weighted by Gasteiger charge is 2.31. The normalized spacial score (nSPS) is 16.3. The van der Waals surface area contributed by atoms with Gasteiger partial charge in [-0.2, -0.15) is 0 Å². The zero-order valence-corrected chi connectivity index (χ0v) is 13.1. The molecular weight excluding hydrogens is 284 g/mol. The zero-order chi connectivity index (χ0) is 15.0. The molecule has 3 rings (SSSR count). The molecule has 1 saturated carbocycles. The van der Waals surface area contributed by atoms with Crippen LogP contribution in [0.25, 0.3) is 10.2 Å². The molecule has 1 atom stereocenters. The number of hydrogen-bond donors (Lipinski definition) is 2. The topological polar surface area (TPSA) is 71.2 Å². The van der Waals surface area contributed by atoms with Crippen LogP contribution >= 0.6 is 11.3 Å². The van der Waals surface area contributed by atoms with Gasteiger partial charge in [-0.15, -0.1) is 0 Å². The van der Waals surface area contributed by atoms with E-state index in [9.17, 15) is 4.79 Å². The van der Waals surface area contributed by atoms with Gasteiger partial charge in [0.05, 0.1) is 16.8 Å². The molecule has 0 radical (unpaired) electrons. The SMILES string of the molecule is CC(C1CC1)N(C)CC(=O)Nc1nc2ccc(N)cc2s1. The Morgan fingerprint density at radius 2 is 2.33 bits per heavy atom. The number of nitrogens with zero attached hydrogens (tertiary/aromatic N) is 2. The lowest BCUT2D eigenvalue weighted by Gasteiger charge is -2.23. The standard InChI is InChI=1S/C15H20N4OS/c1-9(10-3-4-10)19(2)8-14(20)18-15-17-12-6-5-11(16)7-13(12)21-15/h5-7,9-10H,3-4,8,16H2,1-2H3,(H,17,18,20). The van der Waals surface area contributed by atoms with E-state index in [1.54, 1.807) is 0 Å². The highest BCUT2D eigenvalue weighted by atomic mass is 32.1. The second-order valence-electron chi connectivity index (χ2n) is 5.79. The van der Waals surface area contributed by atoms with Gasteiger partial charge in [-0.3, -0.25) is 9.69 Å². The number of likely N-dealkylation sites (N-methyl/N-ethyl adjacent to an activating group) is 1. The molecule has 1 unspecified atom stereocenters. The van der Waals surface area contributed by atoms with Crippen LogP contribution in [0, 0.1) is 5.92 Å². The number of fused-ring (bicyclic) bond motifs is 1. The number of aromatic nitrogens is 1. The van der Waals surface area contributed by atoms with Gasteiger partial charge in [0.25, 0.3) is 0 Å². The molecule has 5 nitrogen and oxygen atoms in total. The van der Waals surface area contributed by atoms with E-state index in [2.05, 4.69) is 22.1 Å². The zero-order valence-electron chi connectivity index (χ0n) is 12.3. The summed E-state index contributed by atoms with van der Waals surface area (Å²) in [6.07, 6.45) is 2.57. The summed E-state index contributed by atoms with van der Waals surface area (Å²) in [5, 5.41) is 3.51. The van der Waals surface area contributed by atoms with Gasteiger partial charge >= 0.3 is 0 Å². The number of rotatable bonds is 5. The van der Waals surface area contributed by atoms with Crippen molar-refractivity contribution in [2.45, 2.75) is 25.8 Å². The monoisotopic (exact) mass is 304 g/mol. The minimum Gasteiger partial charge on any atom is -0.399 e. The third kappa shape index (κ3) is 3.33. The molecule has 1 aliphatic rings. The third-order valence-electron chi connectivity index (χ3n) is 4.05. The number of carbonyl (C=O) groups is 1. The van der Waals surface area contributed by atoms with Gasteiger partial charge in [0.2, 0.25) is 5.91 Å². The minimum atomic E-state index is -0.0166. The number of thiazole rings is 1. The van der Waals surface area contributed by atoms with Crippen molar-refractivity contribution >= 4 is 38.3 Å². The van der Waals surface area contributed by atoms with Gasteiger partial charge in [-0.25, -0.2) is 4.98 Å². The van der Waals surface area contributed by atoms with E-state index in [1.165, 1.54) is 24.2 Å².